The number of aliphatic carboxylic acids is 1. The van der Waals surface area contributed by atoms with E-state index < -0.39 is 5.97 Å². The van der Waals surface area contributed by atoms with Crippen molar-refractivity contribution >= 4 is 11.9 Å². The van der Waals surface area contributed by atoms with Gasteiger partial charge in [-0.05, 0) is 43.9 Å². The molecule has 1 saturated heterocycles. The Kier molecular flexibility index (Phi) is 4.25. The first-order valence-electron chi connectivity index (χ1n) is 7.07. The van der Waals surface area contributed by atoms with E-state index in [1.165, 1.54) is 0 Å². The van der Waals surface area contributed by atoms with Crippen molar-refractivity contribution in [3.63, 3.8) is 0 Å². The van der Waals surface area contributed by atoms with Crippen molar-refractivity contribution in [2.75, 3.05) is 13.1 Å². The van der Waals surface area contributed by atoms with E-state index in [0.717, 1.165) is 44.6 Å². The summed E-state index contributed by atoms with van der Waals surface area (Å²) >= 11 is 0. The number of hydrogen-bond donors (Lipinski definition) is 1. The molecule has 1 aliphatic heterocycles. The molecule has 0 aromatic carbocycles. The van der Waals surface area contributed by atoms with Crippen LogP contribution >= 0.6 is 0 Å². The van der Waals surface area contributed by atoms with Gasteiger partial charge in [0.05, 0.1) is 0 Å². The minimum absolute atomic E-state index is 0.161. The van der Waals surface area contributed by atoms with Crippen LogP contribution in [0.15, 0.2) is 0 Å². The lowest BCUT2D eigenvalue weighted by atomic mass is 9.82. The topological polar surface area (TPSA) is 57.6 Å². The van der Waals surface area contributed by atoms with Gasteiger partial charge >= 0.3 is 5.97 Å². The van der Waals surface area contributed by atoms with E-state index in [1.54, 1.807) is 0 Å². The predicted octanol–water partition coefficient (Wildman–Crippen LogP) is 2.14. The second-order valence-corrected chi connectivity index (χ2v) is 5.99. The van der Waals surface area contributed by atoms with Crippen LogP contribution in [0.25, 0.3) is 0 Å². The summed E-state index contributed by atoms with van der Waals surface area (Å²) in [5.41, 5.74) is 0. The van der Waals surface area contributed by atoms with Crippen molar-refractivity contribution in [3.8, 4) is 0 Å². The Bertz CT molecular complexity index is 321. The van der Waals surface area contributed by atoms with Gasteiger partial charge in [-0.15, -0.1) is 0 Å². The SMILES string of the molecule is CC1CCC(C(=O)N2CCC(CC(=O)O)C2)CC1. The summed E-state index contributed by atoms with van der Waals surface area (Å²) in [6, 6.07) is 0. The highest BCUT2D eigenvalue weighted by atomic mass is 16.4. The Balaban J connectivity index is 1.82. The highest BCUT2D eigenvalue weighted by Gasteiger charge is 2.33. The van der Waals surface area contributed by atoms with Crippen LogP contribution in [0.4, 0.5) is 0 Å². The lowest BCUT2D eigenvalue weighted by molar-refractivity contribution is -0.139. The fraction of sp³-hybridized carbons (Fsp3) is 0.857. The van der Waals surface area contributed by atoms with E-state index in [1.807, 2.05) is 4.90 Å². The van der Waals surface area contributed by atoms with Crippen LogP contribution in [0.3, 0.4) is 0 Å². The summed E-state index contributed by atoms with van der Waals surface area (Å²) in [6.07, 6.45) is 5.39. The van der Waals surface area contributed by atoms with Gasteiger partial charge in [-0.2, -0.15) is 0 Å². The summed E-state index contributed by atoms with van der Waals surface area (Å²) < 4.78 is 0. The maximum atomic E-state index is 12.3. The van der Waals surface area contributed by atoms with E-state index in [4.69, 9.17) is 5.11 Å². The summed E-state index contributed by atoms with van der Waals surface area (Å²) in [5.74, 6) is 0.640. The van der Waals surface area contributed by atoms with Gasteiger partial charge in [-0.3, -0.25) is 9.59 Å². The van der Waals surface area contributed by atoms with Crippen molar-refractivity contribution in [3.05, 3.63) is 0 Å². The number of amides is 1. The molecule has 1 heterocycles. The second kappa shape index (κ2) is 5.72. The van der Waals surface area contributed by atoms with E-state index >= 15 is 0 Å². The van der Waals surface area contributed by atoms with Gasteiger partial charge in [-0.1, -0.05) is 6.92 Å². The molecule has 0 spiro atoms. The minimum atomic E-state index is -0.749. The number of carbonyl (C=O) groups is 2. The third-order valence-corrected chi connectivity index (χ3v) is 4.43. The fourth-order valence-corrected chi connectivity index (χ4v) is 3.21. The van der Waals surface area contributed by atoms with Crippen LogP contribution in [-0.2, 0) is 9.59 Å². The molecule has 0 radical (unpaired) electrons. The van der Waals surface area contributed by atoms with Gasteiger partial charge in [-0.25, -0.2) is 0 Å². The molecule has 1 aliphatic carbocycles. The monoisotopic (exact) mass is 253 g/mol. The second-order valence-electron chi connectivity index (χ2n) is 5.99. The molecule has 4 nitrogen and oxygen atoms in total. The van der Waals surface area contributed by atoms with Crippen LogP contribution in [0.5, 0.6) is 0 Å². The normalized spacial score (nSPS) is 32.5. The molecular weight excluding hydrogens is 230 g/mol. The number of carbonyl (C=O) groups excluding carboxylic acids is 1. The summed E-state index contributed by atoms with van der Waals surface area (Å²) in [5, 5.41) is 8.77. The van der Waals surface area contributed by atoms with E-state index in [9.17, 15) is 9.59 Å². The molecule has 1 saturated carbocycles. The number of nitrogens with zero attached hydrogens (tertiary/aromatic N) is 1. The van der Waals surface area contributed by atoms with E-state index in [0.29, 0.717) is 6.54 Å². The minimum Gasteiger partial charge on any atom is -0.481 e. The Morgan fingerprint density at radius 2 is 1.83 bits per heavy atom. The van der Waals surface area contributed by atoms with Crippen molar-refractivity contribution in [2.24, 2.45) is 17.8 Å². The molecule has 1 amide bonds. The van der Waals surface area contributed by atoms with Gasteiger partial charge in [0.25, 0.3) is 0 Å². The van der Waals surface area contributed by atoms with Crippen LogP contribution in [-0.4, -0.2) is 35.0 Å². The van der Waals surface area contributed by atoms with E-state index in [2.05, 4.69) is 6.92 Å². The molecule has 0 bridgehead atoms. The zero-order chi connectivity index (χ0) is 13.1. The van der Waals surface area contributed by atoms with Crippen molar-refractivity contribution in [1.82, 2.24) is 4.90 Å². The predicted molar refractivity (Wildman–Crippen MR) is 68.1 cm³/mol. The lowest BCUT2D eigenvalue weighted by Gasteiger charge is -2.29. The third kappa shape index (κ3) is 3.24. The first-order chi connectivity index (χ1) is 8.56. The zero-order valence-corrected chi connectivity index (χ0v) is 11.1. The molecule has 2 aliphatic rings. The molecule has 1 N–H and O–H groups in total. The van der Waals surface area contributed by atoms with Crippen LogP contribution in [0, 0.1) is 17.8 Å². The van der Waals surface area contributed by atoms with Crippen molar-refractivity contribution in [2.45, 2.75) is 45.4 Å². The molecule has 2 rings (SSSR count). The number of rotatable bonds is 3. The third-order valence-electron chi connectivity index (χ3n) is 4.43. The van der Waals surface area contributed by atoms with Gasteiger partial charge in [0.15, 0.2) is 0 Å². The summed E-state index contributed by atoms with van der Waals surface area (Å²) in [6.45, 7) is 3.65. The quantitative estimate of drug-likeness (QED) is 0.838. The smallest absolute Gasteiger partial charge is 0.303 e. The van der Waals surface area contributed by atoms with Gasteiger partial charge in [0.1, 0.15) is 0 Å². The first kappa shape index (κ1) is 13.4. The molecule has 2 fully saturated rings. The van der Waals surface area contributed by atoms with Gasteiger partial charge in [0, 0.05) is 25.4 Å². The Labute approximate surface area is 108 Å². The maximum absolute atomic E-state index is 12.3. The zero-order valence-electron chi connectivity index (χ0n) is 11.1. The van der Waals surface area contributed by atoms with Crippen LogP contribution in [0.1, 0.15) is 45.4 Å². The fourth-order valence-electron chi connectivity index (χ4n) is 3.21. The molecule has 0 aromatic rings. The molecule has 0 aromatic heterocycles. The first-order valence-corrected chi connectivity index (χ1v) is 7.07. The molecule has 102 valence electrons. The van der Waals surface area contributed by atoms with Crippen molar-refractivity contribution in [1.29, 1.82) is 0 Å². The molecular formula is C14H23NO3. The van der Waals surface area contributed by atoms with Crippen molar-refractivity contribution < 1.29 is 14.7 Å². The Morgan fingerprint density at radius 1 is 1.17 bits per heavy atom. The van der Waals surface area contributed by atoms with E-state index in [-0.39, 0.29) is 24.2 Å². The summed E-state index contributed by atoms with van der Waals surface area (Å²) in [7, 11) is 0. The molecule has 4 heteroatoms. The summed E-state index contributed by atoms with van der Waals surface area (Å²) in [4.78, 5) is 24.9. The van der Waals surface area contributed by atoms with Crippen LogP contribution in [0.2, 0.25) is 0 Å². The number of likely N-dealkylation sites (tertiary alicyclic amines) is 1. The average molecular weight is 253 g/mol. The number of carboxylic acids is 1. The maximum Gasteiger partial charge on any atom is 0.303 e. The Morgan fingerprint density at radius 3 is 2.44 bits per heavy atom. The highest BCUT2D eigenvalue weighted by molar-refractivity contribution is 5.79. The number of carboxylic acid groups (broad SMARTS) is 1. The number of hydrogen-bond acceptors (Lipinski definition) is 2. The average Bonchev–Trinajstić information content (AvgIpc) is 2.76. The standard InChI is InChI=1S/C14H23NO3/c1-10-2-4-12(5-3-10)14(18)15-7-6-11(9-15)8-13(16)17/h10-12H,2-9H2,1H3,(H,16,17). The Hall–Kier alpha value is -1.06. The highest BCUT2D eigenvalue weighted by Crippen LogP contribution is 2.31. The largest absolute Gasteiger partial charge is 0.481 e. The molecule has 1 unspecified atom stereocenters. The van der Waals surface area contributed by atoms with Crippen LogP contribution < -0.4 is 0 Å². The molecule has 18 heavy (non-hydrogen) atoms. The van der Waals surface area contributed by atoms with Gasteiger partial charge in [0.2, 0.25) is 5.91 Å². The van der Waals surface area contributed by atoms with Gasteiger partial charge < -0.3 is 10.0 Å². The molecule has 1 atom stereocenters. The lowest BCUT2D eigenvalue weighted by Crippen LogP contribution is -2.36.